The molecule has 0 saturated carbocycles. The molecule has 0 saturated heterocycles. The second kappa shape index (κ2) is 5.64. The molecule has 0 spiro atoms. The van der Waals surface area contributed by atoms with E-state index in [1.807, 2.05) is 0 Å². The first-order valence-corrected chi connectivity index (χ1v) is 5.78. The molecule has 0 radical (unpaired) electrons. The molecule has 0 heterocycles. The maximum Gasteiger partial charge on any atom is 0.151 e. The van der Waals surface area contributed by atoms with E-state index in [2.05, 4.69) is 5.32 Å². The van der Waals surface area contributed by atoms with E-state index in [1.165, 1.54) is 14.2 Å². The Balaban J connectivity index is 2.43. The van der Waals surface area contributed by atoms with Gasteiger partial charge in [-0.2, -0.15) is 0 Å². The molecule has 0 unspecified atom stereocenters. The van der Waals surface area contributed by atoms with Gasteiger partial charge in [-0.05, 0) is 18.2 Å². The van der Waals surface area contributed by atoms with Gasteiger partial charge in [0.2, 0.25) is 0 Å². The Hall–Kier alpha value is -2.50. The van der Waals surface area contributed by atoms with Gasteiger partial charge in [0.1, 0.15) is 17.3 Å². The van der Waals surface area contributed by atoms with Crippen LogP contribution in [-0.2, 0) is 0 Å². The van der Waals surface area contributed by atoms with Crippen LogP contribution in [0.4, 0.5) is 25.8 Å². The lowest BCUT2D eigenvalue weighted by atomic mass is 10.2. The summed E-state index contributed by atoms with van der Waals surface area (Å²) in [5.74, 6) is -0.478. The Bertz CT molecular complexity index is 633. The molecule has 0 aliphatic rings. The zero-order chi connectivity index (χ0) is 14.7. The number of nitrogens with two attached hydrogens (primary N) is 1. The molecule has 3 N–H and O–H groups in total. The third-order valence-corrected chi connectivity index (χ3v) is 2.77. The molecular formula is C14H14F2N2O2. The quantitative estimate of drug-likeness (QED) is 0.844. The predicted octanol–water partition coefficient (Wildman–Crippen LogP) is 3.31. The van der Waals surface area contributed by atoms with Gasteiger partial charge in [-0.15, -0.1) is 0 Å². The van der Waals surface area contributed by atoms with Crippen LogP contribution >= 0.6 is 0 Å². The topological polar surface area (TPSA) is 56.5 Å². The molecule has 0 amide bonds. The molecule has 2 aromatic rings. The maximum atomic E-state index is 13.4. The van der Waals surface area contributed by atoms with E-state index in [-0.39, 0.29) is 11.4 Å². The molecule has 6 heteroatoms. The van der Waals surface area contributed by atoms with E-state index in [1.54, 1.807) is 18.2 Å². The van der Waals surface area contributed by atoms with Gasteiger partial charge in [0.15, 0.2) is 5.82 Å². The van der Waals surface area contributed by atoms with Crippen LogP contribution in [0.1, 0.15) is 0 Å². The fourth-order valence-corrected chi connectivity index (χ4v) is 1.75. The normalized spacial score (nSPS) is 10.2. The number of halogens is 2. The molecule has 0 atom stereocenters. The van der Waals surface area contributed by atoms with Crippen molar-refractivity contribution in [2.45, 2.75) is 0 Å². The Labute approximate surface area is 115 Å². The summed E-state index contributed by atoms with van der Waals surface area (Å²) in [6.07, 6.45) is 0. The zero-order valence-corrected chi connectivity index (χ0v) is 11.0. The number of hydrogen-bond acceptors (Lipinski definition) is 4. The first-order chi connectivity index (χ1) is 9.55. The van der Waals surface area contributed by atoms with Crippen molar-refractivity contribution < 1.29 is 18.3 Å². The largest absolute Gasteiger partial charge is 0.497 e. The smallest absolute Gasteiger partial charge is 0.151 e. The van der Waals surface area contributed by atoms with Crippen molar-refractivity contribution in [3.8, 4) is 11.5 Å². The number of benzene rings is 2. The van der Waals surface area contributed by atoms with E-state index >= 15 is 0 Å². The minimum absolute atomic E-state index is 0.119. The number of ether oxygens (including phenoxy) is 2. The molecule has 2 aromatic carbocycles. The fraction of sp³-hybridized carbons (Fsp3) is 0.143. The van der Waals surface area contributed by atoms with Crippen LogP contribution in [0.3, 0.4) is 0 Å². The van der Waals surface area contributed by atoms with Gasteiger partial charge in [-0.25, -0.2) is 8.78 Å². The number of methoxy groups -OCH3 is 2. The minimum Gasteiger partial charge on any atom is -0.497 e. The molecule has 0 aliphatic carbocycles. The number of nitrogens with one attached hydrogen (secondary N) is 1. The maximum absolute atomic E-state index is 13.4. The third kappa shape index (κ3) is 2.74. The molecule has 106 valence electrons. The summed E-state index contributed by atoms with van der Waals surface area (Å²) in [5, 5.41) is 2.84. The van der Waals surface area contributed by atoms with Gasteiger partial charge < -0.3 is 20.5 Å². The van der Waals surface area contributed by atoms with Crippen LogP contribution in [0.25, 0.3) is 0 Å². The molecule has 0 aliphatic heterocycles. The Morgan fingerprint density at radius 2 is 1.75 bits per heavy atom. The summed E-state index contributed by atoms with van der Waals surface area (Å²) in [5.41, 5.74) is 6.02. The van der Waals surface area contributed by atoms with E-state index < -0.39 is 11.6 Å². The number of anilines is 3. The summed E-state index contributed by atoms with van der Waals surface area (Å²) >= 11 is 0. The van der Waals surface area contributed by atoms with Gasteiger partial charge in [0.25, 0.3) is 0 Å². The van der Waals surface area contributed by atoms with Gasteiger partial charge in [0, 0.05) is 12.1 Å². The number of hydrogen-bond donors (Lipinski definition) is 2. The fourth-order valence-electron chi connectivity index (χ4n) is 1.75. The lowest BCUT2D eigenvalue weighted by Crippen LogP contribution is -2.02. The molecular weight excluding hydrogens is 266 g/mol. The summed E-state index contributed by atoms with van der Waals surface area (Å²) < 4.78 is 36.9. The highest BCUT2D eigenvalue weighted by Crippen LogP contribution is 2.34. The van der Waals surface area contributed by atoms with Crippen molar-refractivity contribution in [1.29, 1.82) is 0 Å². The first-order valence-electron chi connectivity index (χ1n) is 5.78. The summed E-state index contributed by atoms with van der Waals surface area (Å²) in [6.45, 7) is 0. The van der Waals surface area contributed by atoms with Crippen LogP contribution in [0.2, 0.25) is 0 Å². The Kier molecular flexibility index (Phi) is 3.93. The number of nitrogen functional groups attached to an aromatic ring is 1. The predicted molar refractivity (Wildman–Crippen MR) is 73.6 cm³/mol. The Morgan fingerprint density at radius 1 is 1.00 bits per heavy atom. The first kappa shape index (κ1) is 13.9. The second-order valence-electron chi connectivity index (χ2n) is 4.04. The third-order valence-electron chi connectivity index (χ3n) is 2.77. The summed E-state index contributed by atoms with van der Waals surface area (Å²) in [4.78, 5) is 0. The molecule has 2 rings (SSSR count). The lowest BCUT2D eigenvalue weighted by Gasteiger charge is -2.14. The minimum atomic E-state index is -0.825. The van der Waals surface area contributed by atoms with E-state index in [0.29, 0.717) is 17.2 Å². The monoisotopic (exact) mass is 280 g/mol. The van der Waals surface area contributed by atoms with Crippen LogP contribution in [-0.4, -0.2) is 14.2 Å². The van der Waals surface area contributed by atoms with Crippen molar-refractivity contribution in [2.75, 3.05) is 25.3 Å². The molecule has 20 heavy (non-hydrogen) atoms. The standard InChI is InChI=1S/C14H14F2N2O2/c1-19-9-3-4-13(20-2)11(7-9)18-12-6-8(15)5-10(16)14(12)17/h3-7,18H,17H2,1-2H3. The number of rotatable bonds is 4. The highest BCUT2D eigenvalue weighted by molar-refractivity contribution is 5.76. The molecule has 4 nitrogen and oxygen atoms in total. The Morgan fingerprint density at radius 3 is 2.40 bits per heavy atom. The van der Waals surface area contributed by atoms with Gasteiger partial charge in [-0.3, -0.25) is 0 Å². The highest BCUT2D eigenvalue weighted by atomic mass is 19.1. The van der Waals surface area contributed by atoms with Crippen molar-refractivity contribution in [2.24, 2.45) is 0 Å². The zero-order valence-electron chi connectivity index (χ0n) is 11.0. The van der Waals surface area contributed by atoms with Crippen molar-refractivity contribution in [1.82, 2.24) is 0 Å². The van der Waals surface area contributed by atoms with Crippen LogP contribution < -0.4 is 20.5 Å². The van der Waals surface area contributed by atoms with E-state index in [9.17, 15) is 8.78 Å². The van der Waals surface area contributed by atoms with Crippen molar-refractivity contribution >= 4 is 17.1 Å². The average molecular weight is 280 g/mol. The van der Waals surface area contributed by atoms with E-state index in [4.69, 9.17) is 15.2 Å². The van der Waals surface area contributed by atoms with Crippen molar-refractivity contribution in [3.63, 3.8) is 0 Å². The lowest BCUT2D eigenvalue weighted by molar-refractivity contribution is 0.405. The average Bonchev–Trinajstić information content (AvgIpc) is 2.44. The van der Waals surface area contributed by atoms with Gasteiger partial charge >= 0.3 is 0 Å². The SMILES string of the molecule is COc1ccc(OC)c(Nc2cc(F)cc(F)c2N)c1. The molecule has 0 fully saturated rings. The van der Waals surface area contributed by atoms with Gasteiger partial charge in [0.05, 0.1) is 31.3 Å². The van der Waals surface area contributed by atoms with E-state index in [0.717, 1.165) is 12.1 Å². The highest BCUT2D eigenvalue weighted by Gasteiger charge is 2.11. The van der Waals surface area contributed by atoms with Crippen LogP contribution in [0, 0.1) is 11.6 Å². The van der Waals surface area contributed by atoms with Crippen LogP contribution in [0.15, 0.2) is 30.3 Å². The molecule has 0 aromatic heterocycles. The second-order valence-corrected chi connectivity index (χ2v) is 4.04. The summed E-state index contributed by atoms with van der Waals surface area (Å²) in [7, 11) is 3.00. The summed E-state index contributed by atoms with van der Waals surface area (Å²) in [6, 6.07) is 6.86. The van der Waals surface area contributed by atoms with Gasteiger partial charge in [-0.1, -0.05) is 0 Å². The van der Waals surface area contributed by atoms with Crippen LogP contribution in [0.5, 0.6) is 11.5 Å². The molecule has 0 bridgehead atoms. The van der Waals surface area contributed by atoms with Crippen molar-refractivity contribution in [3.05, 3.63) is 42.0 Å².